The van der Waals surface area contributed by atoms with Crippen LogP contribution in [0.5, 0.6) is 0 Å². The van der Waals surface area contributed by atoms with Crippen LogP contribution < -0.4 is 28.1 Å². The largest absolute Gasteiger partial charge is 1.00 e. The second-order valence-corrected chi connectivity index (χ2v) is 21.5. The molecule has 0 heterocycles. The summed E-state index contributed by atoms with van der Waals surface area (Å²) in [4.78, 5) is 0. The van der Waals surface area contributed by atoms with E-state index in [1.165, 1.54) is 48.8 Å². The Bertz CT molecular complexity index is 2160. The van der Waals surface area contributed by atoms with Crippen molar-refractivity contribution >= 4 is 17.2 Å². The van der Waals surface area contributed by atoms with E-state index in [1.54, 1.807) is 6.07 Å². The fourth-order valence-electron chi connectivity index (χ4n) is 7.27. The average Bonchev–Trinajstić information content (AvgIpc) is 3.70. The number of fused-ring (bicyclic) bond motifs is 4. The van der Waals surface area contributed by atoms with Crippen LogP contribution in [0.2, 0.25) is 3.63 Å². The van der Waals surface area contributed by atoms with E-state index >= 15 is 0 Å². The Hall–Kier alpha value is -3.04. The number of hydrogen-bond donors (Lipinski definition) is 0. The summed E-state index contributed by atoms with van der Waals surface area (Å²) in [6, 6.07) is 32.5. The van der Waals surface area contributed by atoms with Crippen molar-refractivity contribution in [2.75, 3.05) is 0 Å². The first-order chi connectivity index (χ1) is 22.7. The average molecular weight is 789 g/mol. The minimum absolute atomic E-state index is 0. The number of alkyl halides is 3. The van der Waals surface area contributed by atoms with Gasteiger partial charge in [-0.25, -0.2) is 0 Å². The third kappa shape index (κ3) is 7.19. The molecule has 256 valence electrons. The SMILES string of the molecule is CC(C)(C)c1ccc2c(c1)-c1cc(C(C)(C)C)c[c]([Zr+2](=[C](c3cccc(C(F)(F)F)c3)c3cccc4ccccc34)[CH]3C=CC=C3)c1C2.[Cl-].[Cl-]. The Balaban J connectivity index is 0.00000243. The Morgan fingerprint density at radius 3 is 1.96 bits per heavy atom. The molecule has 0 spiro atoms. The molecular weight excluding hydrogens is 748 g/mol. The van der Waals surface area contributed by atoms with E-state index in [4.69, 9.17) is 0 Å². The van der Waals surface area contributed by atoms with Crippen LogP contribution in [0.3, 0.4) is 0 Å². The van der Waals surface area contributed by atoms with Gasteiger partial charge in [0.2, 0.25) is 0 Å². The minimum atomic E-state index is -4.43. The number of hydrogen-bond acceptors (Lipinski definition) is 0. The van der Waals surface area contributed by atoms with Gasteiger partial charge < -0.3 is 24.8 Å². The number of rotatable bonds is 4. The first-order valence-corrected chi connectivity index (χ1v) is 20.6. The fourth-order valence-corrected chi connectivity index (χ4v) is 15.6. The van der Waals surface area contributed by atoms with E-state index in [0.29, 0.717) is 5.56 Å². The van der Waals surface area contributed by atoms with E-state index in [2.05, 4.69) is 127 Å². The Morgan fingerprint density at radius 2 is 1.28 bits per heavy atom. The maximum Gasteiger partial charge on any atom is -1.00 e. The molecule has 0 bridgehead atoms. The Morgan fingerprint density at radius 1 is 0.640 bits per heavy atom. The molecule has 0 N–H and O–H groups in total. The third-order valence-electron chi connectivity index (χ3n) is 9.93. The molecule has 0 nitrogen and oxygen atoms in total. The fraction of sp³-hybridized carbons (Fsp3) is 0.250. The summed E-state index contributed by atoms with van der Waals surface area (Å²) >= 11 is -3.22. The van der Waals surface area contributed by atoms with Gasteiger partial charge in [0.1, 0.15) is 0 Å². The molecule has 5 aromatic rings. The number of halogens is 5. The maximum absolute atomic E-state index is 14.3. The van der Waals surface area contributed by atoms with Crippen LogP contribution in [0, 0.1) is 0 Å². The molecule has 0 aliphatic heterocycles. The molecule has 50 heavy (non-hydrogen) atoms. The topological polar surface area (TPSA) is 0 Å². The van der Waals surface area contributed by atoms with Crippen LogP contribution >= 0.6 is 0 Å². The molecule has 0 atom stereocenters. The van der Waals surface area contributed by atoms with Gasteiger partial charge in [-0.15, -0.1) is 0 Å². The molecule has 5 aromatic carbocycles. The molecule has 0 unspecified atom stereocenters. The van der Waals surface area contributed by atoms with Gasteiger partial charge in [-0.05, 0) is 0 Å². The van der Waals surface area contributed by atoms with Crippen molar-refractivity contribution in [3.05, 3.63) is 160 Å². The van der Waals surface area contributed by atoms with Crippen LogP contribution in [0.25, 0.3) is 21.9 Å². The zero-order valence-corrected chi connectivity index (χ0v) is 33.2. The van der Waals surface area contributed by atoms with Crippen LogP contribution in [0.4, 0.5) is 13.2 Å². The molecule has 6 heteroatoms. The molecule has 0 amide bonds. The normalized spacial score (nSPS) is 14.2. The van der Waals surface area contributed by atoms with E-state index in [1.807, 2.05) is 18.2 Å². The Kier molecular flexibility index (Phi) is 10.8. The number of benzene rings is 5. The summed E-state index contributed by atoms with van der Waals surface area (Å²) < 4.78 is 45.6. The van der Waals surface area contributed by atoms with Gasteiger partial charge in [0.15, 0.2) is 0 Å². The molecule has 0 saturated carbocycles. The summed E-state index contributed by atoms with van der Waals surface area (Å²) in [5.74, 6) is 0. The first kappa shape index (κ1) is 38.2. The molecule has 2 aliphatic rings. The van der Waals surface area contributed by atoms with E-state index < -0.39 is 33.0 Å². The van der Waals surface area contributed by atoms with Gasteiger partial charge in [0, 0.05) is 0 Å². The van der Waals surface area contributed by atoms with Crippen LogP contribution in [-0.4, -0.2) is 3.21 Å². The predicted octanol–water partition coefficient (Wildman–Crippen LogP) is 5.46. The van der Waals surface area contributed by atoms with Crippen molar-refractivity contribution in [3.63, 3.8) is 0 Å². The van der Waals surface area contributed by atoms with Gasteiger partial charge >= 0.3 is 292 Å². The van der Waals surface area contributed by atoms with Crippen LogP contribution in [-0.2, 0) is 44.7 Å². The Labute approximate surface area is 314 Å². The summed E-state index contributed by atoms with van der Waals surface area (Å²) in [6.45, 7) is 13.6. The van der Waals surface area contributed by atoms with E-state index in [0.717, 1.165) is 26.0 Å². The van der Waals surface area contributed by atoms with Crippen molar-refractivity contribution in [2.24, 2.45) is 0 Å². The van der Waals surface area contributed by atoms with Crippen molar-refractivity contribution < 1.29 is 59.3 Å². The van der Waals surface area contributed by atoms with Crippen LogP contribution in [0.1, 0.15) is 80.5 Å². The van der Waals surface area contributed by atoms with Gasteiger partial charge in [-0.2, -0.15) is 0 Å². The van der Waals surface area contributed by atoms with Crippen molar-refractivity contribution in [1.82, 2.24) is 0 Å². The van der Waals surface area contributed by atoms with Crippen molar-refractivity contribution in [2.45, 2.75) is 68.6 Å². The predicted molar refractivity (Wildman–Crippen MR) is 192 cm³/mol. The van der Waals surface area contributed by atoms with Crippen molar-refractivity contribution in [3.8, 4) is 11.1 Å². The second-order valence-electron chi connectivity index (χ2n) is 15.3. The molecular formula is C44H41Cl2F3Zr. The van der Waals surface area contributed by atoms with Gasteiger partial charge in [-0.1, -0.05) is 0 Å². The van der Waals surface area contributed by atoms with Crippen molar-refractivity contribution in [1.29, 1.82) is 0 Å². The summed E-state index contributed by atoms with van der Waals surface area (Å²) in [6.07, 6.45) is 5.24. The molecule has 2 aliphatic carbocycles. The quantitative estimate of drug-likeness (QED) is 0.223. The van der Waals surface area contributed by atoms with Gasteiger partial charge in [0.05, 0.1) is 0 Å². The van der Waals surface area contributed by atoms with Gasteiger partial charge in [-0.3, -0.25) is 0 Å². The second kappa shape index (κ2) is 14.2. The van der Waals surface area contributed by atoms with Crippen LogP contribution in [0.15, 0.2) is 121 Å². The third-order valence-corrected chi connectivity index (χ3v) is 17.7. The zero-order valence-electron chi connectivity index (χ0n) is 29.2. The van der Waals surface area contributed by atoms with E-state index in [-0.39, 0.29) is 39.3 Å². The van der Waals surface area contributed by atoms with E-state index in [9.17, 15) is 13.2 Å². The zero-order chi connectivity index (χ0) is 34.0. The van der Waals surface area contributed by atoms with Gasteiger partial charge in [0.25, 0.3) is 0 Å². The molecule has 0 saturated heterocycles. The monoisotopic (exact) mass is 786 g/mol. The summed E-state index contributed by atoms with van der Waals surface area (Å²) in [5.41, 5.74) is 8.91. The maximum atomic E-state index is 14.3. The summed E-state index contributed by atoms with van der Waals surface area (Å²) in [5, 5.41) is 2.17. The molecule has 7 rings (SSSR count). The molecule has 0 fully saturated rings. The minimum Gasteiger partial charge on any atom is -1.00 e. The smallest absolute Gasteiger partial charge is 1.00 e. The standard InChI is InChI=1S/C21H25.C18H11F3.C5H5.2ClH.Zr/c1-20(2,3)16-9-7-14-11-15-8-10-17(21(4,5)6)13-19(15)18(14)12-16;19-18(20,21)16-9-3-5-13(12-16)11-15-8-4-7-14-6-1-2-10-17(14)15;1-2-4-5-3-1;;;/h7,9-10,12-13H,11H2,1-6H3;1-10,12H;1-5H;2*1H;/q;;;;;+2/p-2. The number of allylic oxidation sites excluding steroid dienone is 4. The molecule has 0 radical (unpaired) electrons. The molecule has 0 aromatic heterocycles. The first-order valence-electron chi connectivity index (χ1n) is 16.8. The summed E-state index contributed by atoms with van der Waals surface area (Å²) in [7, 11) is 0.